The summed E-state index contributed by atoms with van der Waals surface area (Å²) in [5, 5.41) is 4.23. The summed E-state index contributed by atoms with van der Waals surface area (Å²) in [5.74, 6) is -0.250. The highest BCUT2D eigenvalue weighted by molar-refractivity contribution is 6.19. The number of nitrogens with zero attached hydrogens (tertiary/aromatic N) is 2. The van der Waals surface area contributed by atoms with Crippen molar-refractivity contribution < 1.29 is 9.59 Å². The summed E-state index contributed by atoms with van der Waals surface area (Å²) < 4.78 is 0. The topological polar surface area (TPSA) is 61.8 Å². The minimum absolute atomic E-state index is 0.0543. The molecule has 0 bridgehead atoms. The molecule has 1 unspecified atom stereocenters. The zero-order valence-corrected chi connectivity index (χ0v) is 13.5. The molecule has 0 aromatic heterocycles. The minimum Gasteiger partial charge on any atom is -0.355 e. The largest absolute Gasteiger partial charge is 0.355 e. The molecule has 1 amide bonds. The standard InChI is InChI=1S/C18H19N3O2/c1-11-9-21(10-20-11)16-8-7-15(18(23)19-3)17-13(12(2)22)5-4-6-14(16)17/h4-8,10-11H,9H2,1-3H3,(H,19,23). The van der Waals surface area contributed by atoms with Crippen molar-refractivity contribution >= 4 is 34.5 Å². The van der Waals surface area contributed by atoms with Gasteiger partial charge in [-0.25, -0.2) is 0 Å². The fourth-order valence-electron chi connectivity index (χ4n) is 2.99. The lowest BCUT2D eigenvalue weighted by molar-refractivity contribution is 0.0964. The Morgan fingerprint density at radius 3 is 2.61 bits per heavy atom. The molecule has 3 rings (SSSR count). The van der Waals surface area contributed by atoms with Crippen molar-refractivity contribution in [2.24, 2.45) is 4.99 Å². The predicted molar refractivity (Wildman–Crippen MR) is 92.6 cm³/mol. The van der Waals surface area contributed by atoms with Gasteiger partial charge in [-0.15, -0.1) is 0 Å². The molecule has 5 nitrogen and oxygen atoms in total. The fraction of sp³-hybridized carbons (Fsp3) is 0.278. The van der Waals surface area contributed by atoms with E-state index in [-0.39, 0.29) is 17.7 Å². The lowest BCUT2D eigenvalue weighted by Gasteiger charge is -2.20. The van der Waals surface area contributed by atoms with E-state index in [1.54, 1.807) is 19.2 Å². The summed E-state index contributed by atoms with van der Waals surface area (Å²) >= 11 is 0. The first-order valence-electron chi connectivity index (χ1n) is 7.61. The maximum atomic E-state index is 12.2. The molecule has 0 fully saturated rings. The molecule has 1 atom stereocenters. The fourth-order valence-corrected chi connectivity index (χ4v) is 2.99. The van der Waals surface area contributed by atoms with Crippen LogP contribution >= 0.6 is 0 Å². The molecular formula is C18H19N3O2. The van der Waals surface area contributed by atoms with Crippen LogP contribution in [0, 0.1) is 0 Å². The number of Topliss-reactive ketones (excluding diaryl/α,β-unsaturated/α-hetero) is 1. The molecule has 1 N–H and O–H groups in total. The normalized spacial score (nSPS) is 16.8. The lowest BCUT2D eigenvalue weighted by Crippen LogP contribution is -2.23. The Balaban J connectivity index is 2.30. The molecule has 2 aromatic rings. The molecule has 0 spiro atoms. The number of hydrogen-bond acceptors (Lipinski definition) is 4. The number of nitrogens with one attached hydrogen (secondary N) is 1. The SMILES string of the molecule is CNC(=O)c1ccc(N2C=NC(C)C2)c2cccc(C(C)=O)c12. The number of aliphatic imine (C=N–C) groups is 1. The average Bonchev–Trinajstić information content (AvgIpc) is 2.98. The van der Waals surface area contributed by atoms with E-state index >= 15 is 0 Å². The minimum atomic E-state index is -0.196. The van der Waals surface area contributed by atoms with Crippen LogP contribution < -0.4 is 10.2 Å². The number of rotatable bonds is 3. The second kappa shape index (κ2) is 5.83. The third-order valence-electron chi connectivity index (χ3n) is 4.10. The van der Waals surface area contributed by atoms with E-state index in [1.807, 2.05) is 24.5 Å². The Morgan fingerprint density at radius 1 is 1.22 bits per heavy atom. The zero-order chi connectivity index (χ0) is 16.6. The average molecular weight is 309 g/mol. The smallest absolute Gasteiger partial charge is 0.251 e. The van der Waals surface area contributed by atoms with Crippen LogP contribution in [-0.4, -0.2) is 37.7 Å². The zero-order valence-electron chi connectivity index (χ0n) is 13.5. The molecule has 0 saturated carbocycles. The van der Waals surface area contributed by atoms with Gasteiger partial charge in [-0.05, 0) is 26.0 Å². The first-order valence-corrected chi connectivity index (χ1v) is 7.61. The summed E-state index contributed by atoms with van der Waals surface area (Å²) in [7, 11) is 1.59. The molecule has 5 heteroatoms. The van der Waals surface area contributed by atoms with Gasteiger partial charge in [-0.2, -0.15) is 0 Å². The quantitative estimate of drug-likeness (QED) is 0.887. The van der Waals surface area contributed by atoms with Gasteiger partial charge in [0.25, 0.3) is 5.91 Å². The number of carbonyl (C=O) groups is 2. The number of fused-ring (bicyclic) bond motifs is 1. The molecule has 0 saturated heterocycles. The van der Waals surface area contributed by atoms with Crippen molar-refractivity contribution in [3.8, 4) is 0 Å². The van der Waals surface area contributed by atoms with Gasteiger partial charge in [0.05, 0.1) is 12.4 Å². The highest BCUT2D eigenvalue weighted by Gasteiger charge is 2.21. The molecule has 1 heterocycles. The highest BCUT2D eigenvalue weighted by Crippen LogP contribution is 2.33. The van der Waals surface area contributed by atoms with Crippen LogP contribution in [-0.2, 0) is 0 Å². The van der Waals surface area contributed by atoms with Crippen LogP contribution in [0.3, 0.4) is 0 Å². The number of ketones is 1. The van der Waals surface area contributed by atoms with E-state index in [0.717, 1.165) is 17.6 Å². The van der Waals surface area contributed by atoms with E-state index in [0.29, 0.717) is 16.5 Å². The van der Waals surface area contributed by atoms with Gasteiger partial charge in [-0.1, -0.05) is 18.2 Å². The number of benzene rings is 2. The van der Waals surface area contributed by atoms with Gasteiger partial charge in [0, 0.05) is 41.2 Å². The Labute approximate surface area is 135 Å². The molecule has 118 valence electrons. The first kappa shape index (κ1) is 15.2. The molecular weight excluding hydrogens is 290 g/mol. The van der Waals surface area contributed by atoms with Gasteiger partial charge in [0.1, 0.15) is 0 Å². The van der Waals surface area contributed by atoms with Crippen molar-refractivity contribution in [1.29, 1.82) is 0 Å². The highest BCUT2D eigenvalue weighted by atomic mass is 16.1. The van der Waals surface area contributed by atoms with Crippen LogP contribution in [0.4, 0.5) is 5.69 Å². The van der Waals surface area contributed by atoms with Crippen molar-refractivity contribution in [3.05, 3.63) is 41.5 Å². The monoisotopic (exact) mass is 309 g/mol. The van der Waals surface area contributed by atoms with Gasteiger partial charge < -0.3 is 10.2 Å². The third kappa shape index (κ3) is 2.59. The summed E-state index contributed by atoms with van der Waals surface area (Å²) in [4.78, 5) is 30.7. The molecule has 1 aliphatic heterocycles. The van der Waals surface area contributed by atoms with Crippen molar-refractivity contribution in [2.75, 3.05) is 18.5 Å². The van der Waals surface area contributed by atoms with Crippen molar-refractivity contribution in [2.45, 2.75) is 19.9 Å². The maximum absolute atomic E-state index is 12.2. The van der Waals surface area contributed by atoms with Crippen LogP contribution in [0.2, 0.25) is 0 Å². The number of anilines is 1. The van der Waals surface area contributed by atoms with E-state index in [1.165, 1.54) is 6.92 Å². The predicted octanol–water partition coefficient (Wildman–Crippen LogP) is 2.64. The Bertz CT molecular complexity index is 826. The van der Waals surface area contributed by atoms with Gasteiger partial charge in [0.15, 0.2) is 5.78 Å². The van der Waals surface area contributed by atoms with Crippen LogP contribution in [0.25, 0.3) is 10.8 Å². The molecule has 0 radical (unpaired) electrons. The van der Waals surface area contributed by atoms with Crippen LogP contribution in [0.1, 0.15) is 34.6 Å². The summed E-state index contributed by atoms with van der Waals surface area (Å²) in [6, 6.07) is 9.50. The molecule has 23 heavy (non-hydrogen) atoms. The summed E-state index contributed by atoms with van der Waals surface area (Å²) in [6.07, 6.45) is 1.82. The lowest BCUT2D eigenvalue weighted by atomic mass is 9.95. The Morgan fingerprint density at radius 2 is 2.00 bits per heavy atom. The van der Waals surface area contributed by atoms with E-state index in [4.69, 9.17) is 0 Å². The van der Waals surface area contributed by atoms with Crippen LogP contribution in [0.15, 0.2) is 35.3 Å². The van der Waals surface area contributed by atoms with Gasteiger partial charge in [-0.3, -0.25) is 14.6 Å². The van der Waals surface area contributed by atoms with Crippen molar-refractivity contribution in [1.82, 2.24) is 5.32 Å². The summed E-state index contributed by atoms with van der Waals surface area (Å²) in [6.45, 7) is 4.37. The Kier molecular flexibility index (Phi) is 3.86. The number of carbonyl (C=O) groups excluding carboxylic acids is 2. The third-order valence-corrected chi connectivity index (χ3v) is 4.10. The van der Waals surface area contributed by atoms with E-state index < -0.39 is 0 Å². The van der Waals surface area contributed by atoms with E-state index in [2.05, 4.69) is 22.1 Å². The van der Waals surface area contributed by atoms with Crippen LogP contribution in [0.5, 0.6) is 0 Å². The molecule has 1 aliphatic rings. The molecule has 0 aliphatic carbocycles. The second-order valence-electron chi connectivity index (χ2n) is 5.76. The maximum Gasteiger partial charge on any atom is 0.251 e. The number of amides is 1. The number of hydrogen-bond donors (Lipinski definition) is 1. The summed E-state index contributed by atoms with van der Waals surface area (Å²) in [5.41, 5.74) is 2.04. The van der Waals surface area contributed by atoms with Gasteiger partial charge in [0.2, 0.25) is 0 Å². The van der Waals surface area contributed by atoms with Gasteiger partial charge >= 0.3 is 0 Å². The first-order chi connectivity index (χ1) is 11.0. The Hall–Kier alpha value is -2.69. The van der Waals surface area contributed by atoms with Crippen molar-refractivity contribution in [3.63, 3.8) is 0 Å². The molecule has 2 aromatic carbocycles. The van der Waals surface area contributed by atoms with E-state index in [9.17, 15) is 9.59 Å². The second-order valence-corrected chi connectivity index (χ2v) is 5.76.